The minimum absolute atomic E-state index is 0.284. The molecular weight excluding hydrogens is 466 g/mol. The average molecular weight is 500 g/mol. The summed E-state index contributed by atoms with van der Waals surface area (Å²) in [5.74, 6) is 0. The van der Waals surface area contributed by atoms with Gasteiger partial charge in [0, 0.05) is 41.4 Å². The number of thiocarbonyl (C=S) groups is 1. The second kappa shape index (κ2) is 11.1. The molecule has 7 nitrogen and oxygen atoms in total. The fraction of sp³-hybridized carbons (Fsp3) is 0.360. The molecule has 0 bridgehead atoms. The van der Waals surface area contributed by atoms with Crippen LogP contribution in [0.1, 0.15) is 48.9 Å². The summed E-state index contributed by atoms with van der Waals surface area (Å²) in [5, 5.41) is 8.63. The zero-order valence-electron chi connectivity index (χ0n) is 20.4. The normalized spacial score (nSPS) is 12.1. The lowest BCUT2D eigenvalue weighted by atomic mass is 10.1. The summed E-state index contributed by atoms with van der Waals surface area (Å²) < 4.78 is 27.9. The summed E-state index contributed by atoms with van der Waals surface area (Å²) in [6.07, 6.45) is 4.97. The molecule has 0 fully saturated rings. The van der Waals surface area contributed by atoms with Gasteiger partial charge in [0.1, 0.15) is 0 Å². The van der Waals surface area contributed by atoms with E-state index in [-0.39, 0.29) is 4.90 Å². The molecule has 0 radical (unpaired) electrons. The van der Waals surface area contributed by atoms with Gasteiger partial charge in [-0.2, -0.15) is 9.41 Å². The molecule has 0 amide bonds. The molecule has 0 aliphatic rings. The minimum atomic E-state index is -3.56. The first-order valence-corrected chi connectivity index (χ1v) is 13.3. The molecule has 3 rings (SSSR count). The van der Waals surface area contributed by atoms with E-state index >= 15 is 0 Å². The number of anilines is 1. The van der Waals surface area contributed by atoms with Gasteiger partial charge in [0.05, 0.1) is 11.1 Å². The van der Waals surface area contributed by atoms with Crippen LogP contribution in [-0.4, -0.2) is 42.1 Å². The van der Waals surface area contributed by atoms with Crippen LogP contribution in [0, 0.1) is 20.8 Å². The third kappa shape index (κ3) is 5.84. The quantitative estimate of drug-likeness (QED) is 0.213. The largest absolute Gasteiger partial charge is 0.361 e. The van der Waals surface area contributed by atoms with Crippen LogP contribution in [0.15, 0.2) is 46.5 Å². The van der Waals surface area contributed by atoms with E-state index in [2.05, 4.69) is 39.9 Å². The van der Waals surface area contributed by atoms with Gasteiger partial charge < -0.3 is 10.3 Å². The Balaban J connectivity index is 1.78. The molecule has 0 saturated heterocycles. The molecule has 1 aromatic heterocycles. The van der Waals surface area contributed by atoms with E-state index < -0.39 is 10.0 Å². The molecule has 0 saturated carbocycles. The molecule has 34 heavy (non-hydrogen) atoms. The maximum absolute atomic E-state index is 13.2. The van der Waals surface area contributed by atoms with Crippen LogP contribution in [0.2, 0.25) is 0 Å². The van der Waals surface area contributed by atoms with Crippen molar-refractivity contribution in [3.63, 3.8) is 0 Å². The van der Waals surface area contributed by atoms with Crippen LogP contribution >= 0.6 is 12.2 Å². The van der Waals surface area contributed by atoms with Crippen molar-refractivity contribution in [2.45, 2.75) is 52.4 Å². The van der Waals surface area contributed by atoms with Crippen molar-refractivity contribution in [1.82, 2.24) is 14.7 Å². The molecule has 182 valence electrons. The van der Waals surface area contributed by atoms with Crippen molar-refractivity contribution in [2.75, 3.05) is 18.4 Å². The summed E-state index contributed by atoms with van der Waals surface area (Å²) in [7, 11) is -3.56. The summed E-state index contributed by atoms with van der Waals surface area (Å²) in [4.78, 5) is 3.45. The number of aromatic nitrogens is 1. The Morgan fingerprint density at radius 1 is 1.09 bits per heavy atom. The number of hydrazone groups is 1. The fourth-order valence-corrected chi connectivity index (χ4v) is 5.87. The molecule has 3 N–H and O–H groups in total. The van der Waals surface area contributed by atoms with Gasteiger partial charge in [-0.1, -0.05) is 31.5 Å². The number of benzene rings is 2. The summed E-state index contributed by atoms with van der Waals surface area (Å²) in [6, 6.07) is 9.34. The number of sulfonamides is 1. The van der Waals surface area contributed by atoms with Crippen LogP contribution in [0.5, 0.6) is 0 Å². The van der Waals surface area contributed by atoms with E-state index in [1.807, 2.05) is 27.7 Å². The van der Waals surface area contributed by atoms with Gasteiger partial charge in [0.15, 0.2) is 5.11 Å². The molecule has 0 unspecified atom stereocenters. The van der Waals surface area contributed by atoms with Gasteiger partial charge in [-0.15, -0.1) is 0 Å². The lowest BCUT2D eigenvalue weighted by Gasteiger charge is -2.21. The van der Waals surface area contributed by atoms with Crippen LogP contribution in [0.25, 0.3) is 10.9 Å². The van der Waals surface area contributed by atoms with E-state index in [1.165, 1.54) is 5.56 Å². The summed E-state index contributed by atoms with van der Waals surface area (Å²) in [5.41, 5.74) is 8.83. The smallest absolute Gasteiger partial charge is 0.243 e. The van der Waals surface area contributed by atoms with Crippen LogP contribution in [0.4, 0.5) is 5.69 Å². The highest BCUT2D eigenvalue weighted by molar-refractivity contribution is 7.89. The van der Waals surface area contributed by atoms with Crippen molar-refractivity contribution in [3.8, 4) is 0 Å². The zero-order chi connectivity index (χ0) is 24.9. The lowest BCUT2D eigenvalue weighted by Crippen LogP contribution is -2.32. The number of H-pyrrole nitrogens is 1. The Labute approximate surface area is 207 Å². The first-order valence-electron chi connectivity index (χ1n) is 11.5. The number of aromatic amines is 1. The standard InChI is InChI=1S/C25H33N5O2S2/c1-6-10-30(11-7-2)34(31,32)21-8-9-23-22(14-21)20(15-26-23)16-27-29-25(33)28-24-18(4)12-17(3)13-19(24)5/h8-9,12-16,26H,6-7,10-11H2,1-5H3,(H2,28,29,33)/b27-16-. The van der Waals surface area contributed by atoms with E-state index in [0.29, 0.717) is 18.2 Å². The second-order valence-electron chi connectivity index (χ2n) is 8.45. The van der Waals surface area contributed by atoms with Gasteiger partial charge >= 0.3 is 0 Å². The molecule has 0 aliphatic carbocycles. The van der Waals surface area contributed by atoms with Crippen molar-refractivity contribution in [2.24, 2.45) is 5.10 Å². The third-order valence-corrected chi connectivity index (χ3v) is 7.64. The predicted octanol–water partition coefficient (Wildman–Crippen LogP) is 5.22. The summed E-state index contributed by atoms with van der Waals surface area (Å²) in [6.45, 7) is 11.1. The lowest BCUT2D eigenvalue weighted by molar-refractivity contribution is 0.410. The number of hydrogen-bond donors (Lipinski definition) is 3. The highest BCUT2D eigenvalue weighted by atomic mass is 32.2. The first kappa shape index (κ1) is 25.9. The molecule has 0 spiro atoms. The van der Waals surface area contributed by atoms with Gasteiger partial charge in [0.25, 0.3) is 0 Å². The van der Waals surface area contributed by atoms with E-state index in [9.17, 15) is 8.42 Å². The number of hydrogen-bond acceptors (Lipinski definition) is 4. The van der Waals surface area contributed by atoms with Crippen molar-refractivity contribution in [3.05, 3.63) is 58.8 Å². The number of nitrogens with one attached hydrogen (secondary N) is 3. The van der Waals surface area contributed by atoms with Crippen molar-refractivity contribution >= 4 is 50.2 Å². The Morgan fingerprint density at radius 2 is 1.74 bits per heavy atom. The molecular formula is C25H33N5O2S2. The van der Waals surface area contributed by atoms with Gasteiger partial charge in [-0.25, -0.2) is 8.42 Å². The Morgan fingerprint density at radius 3 is 2.35 bits per heavy atom. The predicted molar refractivity (Wildman–Crippen MR) is 145 cm³/mol. The first-order chi connectivity index (χ1) is 16.2. The van der Waals surface area contributed by atoms with Crippen molar-refractivity contribution in [1.29, 1.82) is 0 Å². The van der Waals surface area contributed by atoms with Gasteiger partial charge in [-0.05, 0) is 75.2 Å². The highest BCUT2D eigenvalue weighted by Crippen LogP contribution is 2.24. The van der Waals surface area contributed by atoms with E-state index in [0.717, 1.165) is 46.1 Å². The van der Waals surface area contributed by atoms with Crippen LogP contribution < -0.4 is 10.7 Å². The molecule has 0 atom stereocenters. The summed E-state index contributed by atoms with van der Waals surface area (Å²) >= 11 is 5.40. The molecule has 2 aromatic carbocycles. The fourth-order valence-electron chi connectivity index (χ4n) is 4.07. The third-order valence-electron chi connectivity index (χ3n) is 5.55. The van der Waals surface area contributed by atoms with E-state index in [1.54, 1.807) is 34.9 Å². The second-order valence-corrected chi connectivity index (χ2v) is 10.8. The topological polar surface area (TPSA) is 89.6 Å². The Kier molecular flexibility index (Phi) is 8.46. The maximum atomic E-state index is 13.2. The number of aryl methyl sites for hydroxylation is 3. The zero-order valence-corrected chi connectivity index (χ0v) is 22.0. The number of rotatable bonds is 9. The maximum Gasteiger partial charge on any atom is 0.243 e. The highest BCUT2D eigenvalue weighted by Gasteiger charge is 2.23. The van der Waals surface area contributed by atoms with Crippen LogP contribution in [-0.2, 0) is 10.0 Å². The van der Waals surface area contributed by atoms with E-state index in [4.69, 9.17) is 12.2 Å². The van der Waals surface area contributed by atoms with Crippen LogP contribution in [0.3, 0.4) is 0 Å². The molecule has 3 aromatic rings. The minimum Gasteiger partial charge on any atom is -0.361 e. The number of nitrogens with zero attached hydrogens (tertiary/aromatic N) is 2. The molecule has 9 heteroatoms. The Hall–Kier alpha value is -2.75. The van der Waals surface area contributed by atoms with Crippen molar-refractivity contribution < 1.29 is 8.42 Å². The Bertz CT molecular complexity index is 1280. The average Bonchev–Trinajstić information content (AvgIpc) is 3.18. The molecule has 0 aliphatic heterocycles. The monoisotopic (exact) mass is 499 g/mol. The van der Waals surface area contributed by atoms with Gasteiger partial charge in [0.2, 0.25) is 10.0 Å². The van der Waals surface area contributed by atoms with Gasteiger partial charge in [-0.3, -0.25) is 5.43 Å². The molecule has 1 heterocycles. The SMILES string of the molecule is CCCN(CCC)S(=O)(=O)c1ccc2[nH]cc(/C=N\NC(=S)Nc3c(C)cc(C)cc3C)c2c1. The number of fused-ring (bicyclic) bond motifs is 1.